The maximum Gasteiger partial charge on any atom is 0.123 e. The van der Waals surface area contributed by atoms with Crippen LogP contribution in [0.2, 0.25) is 0 Å². The lowest BCUT2D eigenvalue weighted by Crippen LogP contribution is -2.16. The van der Waals surface area contributed by atoms with Crippen molar-refractivity contribution in [3.05, 3.63) is 71.5 Å². The lowest BCUT2D eigenvalue weighted by atomic mass is 9.98. The van der Waals surface area contributed by atoms with Crippen LogP contribution in [0.25, 0.3) is 0 Å². The van der Waals surface area contributed by atoms with Crippen LogP contribution in [0.1, 0.15) is 30.4 Å². The van der Waals surface area contributed by atoms with Gasteiger partial charge in [0.1, 0.15) is 5.82 Å². The molecule has 0 fully saturated rings. The Kier molecular flexibility index (Phi) is 5.10. The maximum absolute atomic E-state index is 12.7. The molecule has 0 aromatic heterocycles. The van der Waals surface area contributed by atoms with E-state index < -0.39 is 0 Å². The first-order valence-corrected chi connectivity index (χ1v) is 6.76. The molecule has 2 heteroatoms. The first-order chi connectivity index (χ1) is 9.25. The molecule has 1 N–H and O–H groups in total. The van der Waals surface area contributed by atoms with Crippen LogP contribution in [0, 0.1) is 5.82 Å². The summed E-state index contributed by atoms with van der Waals surface area (Å²) < 4.78 is 12.7. The molecule has 100 valence electrons. The fourth-order valence-corrected chi connectivity index (χ4v) is 2.10. The van der Waals surface area contributed by atoms with Crippen molar-refractivity contribution in [3.63, 3.8) is 0 Å². The topological polar surface area (TPSA) is 12.0 Å². The average molecular weight is 257 g/mol. The van der Waals surface area contributed by atoms with Gasteiger partial charge in [-0.2, -0.15) is 0 Å². The highest BCUT2D eigenvalue weighted by atomic mass is 19.1. The largest absolute Gasteiger partial charge is 0.313 e. The minimum absolute atomic E-state index is 0.179. The lowest BCUT2D eigenvalue weighted by Gasteiger charge is -2.12. The van der Waals surface area contributed by atoms with E-state index in [9.17, 15) is 4.39 Å². The quantitative estimate of drug-likeness (QED) is 0.768. The third kappa shape index (κ3) is 4.49. The Morgan fingerprint density at radius 2 is 1.68 bits per heavy atom. The molecular formula is C17H20FN. The highest BCUT2D eigenvalue weighted by Crippen LogP contribution is 2.17. The number of halogens is 1. The van der Waals surface area contributed by atoms with Crippen LogP contribution >= 0.6 is 0 Å². The van der Waals surface area contributed by atoms with Gasteiger partial charge in [-0.1, -0.05) is 49.4 Å². The molecule has 19 heavy (non-hydrogen) atoms. The fourth-order valence-electron chi connectivity index (χ4n) is 2.10. The smallest absolute Gasteiger partial charge is 0.123 e. The SMILES string of the molecule is CC(CCNCc1ccc(F)cc1)c1ccccc1. The summed E-state index contributed by atoms with van der Waals surface area (Å²) in [5.74, 6) is 0.378. The van der Waals surface area contributed by atoms with Gasteiger partial charge in [-0.15, -0.1) is 0 Å². The molecule has 0 spiro atoms. The van der Waals surface area contributed by atoms with E-state index in [0.717, 1.165) is 25.1 Å². The Morgan fingerprint density at radius 3 is 2.37 bits per heavy atom. The zero-order valence-electron chi connectivity index (χ0n) is 11.3. The van der Waals surface area contributed by atoms with Crippen molar-refractivity contribution in [3.8, 4) is 0 Å². The van der Waals surface area contributed by atoms with E-state index in [4.69, 9.17) is 0 Å². The minimum Gasteiger partial charge on any atom is -0.313 e. The van der Waals surface area contributed by atoms with Crippen molar-refractivity contribution >= 4 is 0 Å². The Balaban J connectivity index is 1.71. The second kappa shape index (κ2) is 7.05. The summed E-state index contributed by atoms with van der Waals surface area (Å²) in [6.07, 6.45) is 1.10. The van der Waals surface area contributed by atoms with E-state index >= 15 is 0 Å². The van der Waals surface area contributed by atoms with E-state index in [1.165, 1.54) is 17.7 Å². The molecule has 0 radical (unpaired) electrons. The van der Waals surface area contributed by atoms with E-state index in [1.807, 2.05) is 18.2 Å². The van der Waals surface area contributed by atoms with Crippen molar-refractivity contribution in [1.82, 2.24) is 5.32 Å². The number of rotatable bonds is 6. The van der Waals surface area contributed by atoms with Crippen molar-refractivity contribution in [1.29, 1.82) is 0 Å². The number of hydrogen-bond acceptors (Lipinski definition) is 1. The van der Waals surface area contributed by atoms with Gasteiger partial charge in [-0.3, -0.25) is 0 Å². The molecule has 0 amide bonds. The zero-order chi connectivity index (χ0) is 13.5. The molecule has 0 saturated carbocycles. The van der Waals surface area contributed by atoms with Gasteiger partial charge in [0.05, 0.1) is 0 Å². The molecule has 0 aliphatic heterocycles. The van der Waals surface area contributed by atoms with Crippen LogP contribution in [0.4, 0.5) is 4.39 Å². The highest BCUT2D eigenvalue weighted by Gasteiger charge is 2.03. The van der Waals surface area contributed by atoms with Crippen molar-refractivity contribution < 1.29 is 4.39 Å². The summed E-state index contributed by atoms with van der Waals surface area (Å²) in [7, 11) is 0. The normalized spacial score (nSPS) is 12.3. The summed E-state index contributed by atoms with van der Waals surface area (Å²) >= 11 is 0. The van der Waals surface area contributed by atoms with Crippen LogP contribution in [0.15, 0.2) is 54.6 Å². The predicted octanol–water partition coefficient (Wildman–Crippen LogP) is 4.11. The van der Waals surface area contributed by atoms with Gasteiger partial charge in [0.15, 0.2) is 0 Å². The molecule has 2 aromatic carbocycles. The van der Waals surface area contributed by atoms with Crippen LogP contribution in [-0.4, -0.2) is 6.54 Å². The van der Waals surface area contributed by atoms with Crippen molar-refractivity contribution in [2.75, 3.05) is 6.54 Å². The number of hydrogen-bond donors (Lipinski definition) is 1. The van der Waals surface area contributed by atoms with Crippen LogP contribution < -0.4 is 5.32 Å². The van der Waals surface area contributed by atoms with Crippen LogP contribution in [-0.2, 0) is 6.54 Å². The van der Waals surface area contributed by atoms with Gasteiger partial charge in [-0.05, 0) is 42.1 Å². The molecule has 1 unspecified atom stereocenters. The third-order valence-corrected chi connectivity index (χ3v) is 3.37. The molecule has 0 heterocycles. The molecule has 2 aromatic rings. The number of nitrogens with one attached hydrogen (secondary N) is 1. The first kappa shape index (κ1) is 13.8. The standard InChI is InChI=1S/C17H20FN/c1-14(16-5-3-2-4-6-16)11-12-19-13-15-7-9-17(18)10-8-15/h2-10,14,19H,11-13H2,1H3. The number of benzene rings is 2. The molecule has 0 aliphatic rings. The van der Waals surface area contributed by atoms with Gasteiger partial charge < -0.3 is 5.32 Å². The summed E-state index contributed by atoms with van der Waals surface area (Å²) in [5.41, 5.74) is 2.50. The lowest BCUT2D eigenvalue weighted by molar-refractivity contribution is 0.592. The van der Waals surface area contributed by atoms with Gasteiger partial charge in [0.2, 0.25) is 0 Å². The molecule has 1 atom stereocenters. The van der Waals surface area contributed by atoms with E-state index in [-0.39, 0.29) is 5.82 Å². The summed E-state index contributed by atoms with van der Waals surface area (Å²) in [6, 6.07) is 17.2. The summed E-state index contributed by atoms with van der Waals surface area (Å²) in [5, 5.41) is 3.40. The molecule has 1 nitrogen and oxygen atoms in total. The molecule has 0 bridgehead atoms. The average Bonchev–Trinajstić information content (AvgIpc) is 2.46. The predicted molar refractivity (Wildman–Crippen MR) is 77.6 cm³/mol. The van der Waals surface area contributed by atoms with Crippen LogP contribution in [0.3, 0.4) is 0 Å². The van der Waals surface area contributed by atoms with Crippen LogP contribution in [0.5, 0.6) is 0 Å². The Labute approximate surface area is 114 Å². The van der Waals surface area contributed by atoms with E-state index in [0.29, 0.717) is 5.92 Å². The first-order valence-electron chi connectivity index (χ1n) is 6.76. The monoisotopic (exact) mass is 257 g/mol. The third-order valence-electron chi connectivity index (χ3n) is 3.37. The fraction of sp³-hybridized carbons (Fsp3) is 0.294. The Morgan fingerprint density at radius 1 is 1.00 bits per heavy atom. The second-order valence-electron chi connectivity index (χ2n) is 4.90. The second-order valence-corrected chi connectivity index (χ2v) is 4.90. The molecule has 0 saturated heterocycles. The van der Waals surface area contributed by atoms with Gasteiger partial charge in [0, 0.05) is 6.54 Å². The summed E-state index contributed by atoms with van der Waals surface area (Å²) in [6.45, 7) is 4.00. The van der Waals surface area contributed by atoms with Gasteiger partial charge in [-0.25, -0.2) is 4.39 Å². The highest BCUT2D eigenvalue weighted by molar-refractivity contribution is 5.18. The van der Waals surface area contributed by atoms with Gasteiger partial charge in [0.25, 0.3) is 0 Å². The van der Waals surface area contributed by atoms with Crippen molar-refractivity contribution in [2.45, 2.75) is 25.8 Å². The van der Waals surface area contributed by atoms with E-state index in [2.05, 4.69) is 36.5 Å². The Hall–Kier alpha value is -1.67. The molecule has 0 aliphatic carbocycles. The minimum atomic E-state index is -0.179. The molecule has 2 rings (SSSR count). The van der Waals surface area contributed by atoms with E-state index in [1.54, 1.807) is 0 Å². The zero-order valence-corrected chi connectivity index (χ0v) is 11.3. The van der Waals surface area contributed by atoms with Crippen molar-refractivity contribution in [2.24, 2.45) is 0 Å². The maximum atomic E-state index is 12.7. The summed E-state index contributed by atoms with van der Waals surface area (Å²) in [4.78, 5) is 0. The van der Waals surface area contributed by atoms with Gasteiger partial charge >= 0.3 is 0 Å². The molecular weight excluding hydrogens is 237 g/mol. The Bertz CT molecular complexity index is 478.